The molecule has 0 spiro atoms. The van der Waals surface area contributed by atoms with Gasteiger partial charge in [0.05, 0.1) is 11.5 Å². The van der Waals surface area contributed by atoms with E-state index in [0.29, 0.717) is 12.4 Å². The lowest BCUT2D eigenvalue weighted by Gasteiger charge is -2.04. The van der Waals surface area contributed by atoms with Crippen LogP contribution in [0.3, 0.4) is 0 Å². The summed E-state index contributed by atoms with van der Waals surface area (Å²) in [5.41, 5.74) is -0.318. The van der Waals surface area contributed by atoms with Gasteiger partial charge >= 0.3 is 5.69 Å². The number of aromatic nitrogens is 2. The van der Waals surface area contributed by atoms with E-state index < -0.39 is 16.4 Å². The lowest BCUT2D eigenvalue weighted by molar-refractivity contribution is -0.387. The van der Waals surface area contributed by atoms with E-state index in [-0.39, 0.29) is 12.1 Å². The van der Waals surface area contributed by atoms with E-state index >= 15 is 0 Å². The molecule has 1 aromatic carbocycles. The number of nitro benzene ring substituents is 1. The highest BCUT2D eigenvalue weighted by Gasteiger charge is 2.16. The number of benzene rings is 1. The molecule has 1 aromatic heterocycles. The van der Waals surface area contributed by atoms with Gasteiger partial charge in [-0.15, -0.1) is 0 Å². The van der Waals surface area contributed by atoms with Crippen LogP contribution < -0.4 is 5.32 Å². The van der Waals surface area contributed by atoms with Gasteiger partial charge in [0.2, 0.25) is 12.2 Å². The van der Waals surface area contributed by atoms with Gasteiger partial charge in [-0.3, -0.25) is 10.1 Å². The molecule has 0 fully saturated rings. The zero-order valence-electron chi connectivity index (χ0n) is 9.17. The van der Waals surface area contributed by atoms with Crippen LogP contribution in [0.1, 0.15) is 11.4 Å². The molecular formula is C10H9FN4O3. The van der Waals surface area contributed by atoms with Gasteiger partial charge < -0.3 is 9.84 Å². The molecular weight excluding hydrogens is 243 g/mol. The maximum atomic E-state index is 13.7. The lowest BCUT2D eigenvalue weighted by atomic mass is 10.2. The van der Waals surface area contributed by atoms with Crippen molar-refractivity contribution >= 4 is 5.69 Å². The average Bonchev–Trinajstić information content (AvgIpc) is 2.84. The highest BCUT2D eigenvalue weighted by Crippen LogP contribution is 2.19. The Balaban J connectivity index is 2.01. The zero-order chi connectivity index (χ0) is 13.0. The summed E-state index contributed by atoms with van der Waals surface area (Å²) in [7, 11) is 0. The largest absolute Gasteiger partial charge is 0.343 e. The van der Waals surface area contributed by atoms with Crippen LogP contribution in [0, 0.1) is 15.9 Å². The van der Waals surface area contributed by atoms with E-state index in [2.05, 4.69) is 20.0 Å². The Bertz CT molecular complexity index is 544. The van der Waals surface area contributed by atoms with Crippen molar-refractivity contribution in [3.63, 3.8) is 0 Å². The van der Waals surface area contributed by atoms with E-state index in [9.17, 15) is 14.5 Å². The molecule has 7 nitrogen and oxygen atoms in total. The first-order valence-corrected chi connectivity index (χ1v) is 5.06. The van der Waals surface area contributed by atoms with Crippen molar-refractivity contribution in [2.45, 2.75) is 13.1 Å². The molecule has 0 unspecified atom stereocenters. The normalized spacial score (nSPS) is 10.5. The summed E-state index contributed by atoms with van der Waals surface area (Å²) in [6.45, 7) is 0.431. The topological polar surface area (TPSA) is 94.1 Å². The second-order valence-electron chi connectivity index (χ2n) is 3.46. The number of halogens is 1. The molecule has 0 saturated heterocycles. The van der Waals surface area contributed by atoms with Crippen molar-refractivity contribution in [2.75, 3.05) is 0 Å². The molecule has 0 bridgehead atoms. The first-order chi connectivity index (χ1) is 8.68. The fraction of sp³-hybridized carbons (Fsp3) is 0.200. The van der Waals surface area contributed by atoms with Crippen LogP contribution in [0.25, 0.3) is 0 Å². The SMILES string of the molecule is O=[N+]([O-])c1cccc(CNCc2ncon2)c1F. The van der Waals surface area contributed by atoms with E-state index in [4.69, 9.17) is 0 Å². The molecule has 0 saturated carbocycles. The van der Waals surface area contributed by atoms with Crippen LogP contribution in [0.15, 0.2) is 29.1 Å². The summed E-state index contributed by atoms with van der Waals surface area (Å²) in [5, 5.41) is 17.0. The minimum Gasteiger partial charge on any atom is -0.343 e. The van der Waals surface area contributed by atoms with Gasteiger partial charge in [0, 0.05) is 18.2 Å². The Kier molecular flexibility index (Phi) is 3.58. The van der Waals surface area contributed by atoms with Crippen molar-refractivity contribution in [1.82, 2.24) is 15.5 Å². The zero-order valence-corrected chi connectivity index (χ0v) is 9.17. The quantitative estimate of drug-likeness (QED) is 0.638. The van der Waals surface area contributed by atoms with Crippen molar-refractivity contribution in [2.24, 2.45) is 0 Å². The van der Waals surface area contributed by atoms with Gasteiger partial charge in [-0.25, -0.2) is 0 Å². The molecule has 1 N–H and O–H groups in total. The molecule has 0 aliphatic carbocycles. The first kappa shape index (κ1) is 12.1. The number of nitrogens with one attached hydrogen (secondary N) is 1. The van der Waals surface area contributed by atoms with Crippen LogP contribution in [-0.4, -0.2) is 15.1 Å². The minimum atomic E-state index is -0.830. The summed E-state index contributed by atoms with van der Waals surface area (Å²) in [6.07, 6.45) is 1.19. The summed E-state index contributed by atoms with van der Waals surface area (Å²) < 4.78 is 18.2. The van der Waals surface area contributed by atoms with E-state index in [1.165, 1.54) is 18.5 Å². The molecule has 0 aliphatic heterocycles. The fourth-order valence-electron chi connectivity index (χ4n) is 1.42. The predicted molar refractivity (Wildman–Crippen MR) is 57.9 cm³/mol. The molecule has 18 heavy (non-hydrogen) atoms. The molecule has 0 atom stereocenters. The van der Waals surface area contributed by atoms with Gasteiger partial charge in [-0.2, -0.15) is 9.37 Å². The van der Waals surface area contributed by atoms with Gasteiger partial charge in [-0.1, -0.05) is 17.3 Å². The highest BCUT2D eigenvalue weighted by atomic mass is 19.1. The average molecular weight is 252 g/mol. The molecule has 0 aliphatic rings. The first-order valence-electron chi connectivity index (χ1n) is 5.06. The van der Waals surface area contributed by atoms with Crippen molar-refractivity contribution in [3.8, 4) is 0 Å². The number of rotatable bonds is 5. The Morgan fingerprint density at radius 3 is 2.94 bits per heavy atom. The van der Waals surface area contributed by atoms with Crippen LogP contribution >= 0.6 is 0 Å². The van der Waals surface area contributed by atoms with Crippen molar-refractivity contribution < 1.29 is 13.8 Å². The predicted octanol–water partition coefficient (Wildman–Crippen LogP) is 1.41. The maximum Gasteiger partial charge on any atom is 0.305 e. The van der Waals surface area contributed by atoms with Crippen LogP contribution in [-0.2, 0) is 13.1 Å². The molecule has 1 heterocycles. The standard InChI is InChI=1S/C10H9FN4O3/c11-10-7(2-1-3-8(10)15(16)17)4-12-5-9-13-6-18-14-9/h1-3,6,12H,4-5H2. The number of hydrogen-bond acceptors (Lipinski definition) is 6. The van der Waals surface area contributed by atoms with Crippen molar-refractivity contribution in [1.29, 1.82) is 0 Å². The van der Waals surface area contributed by atoms with E-state index in [1.54, 1.807) is 0 Å². The second kappa shape index (κ2) is 5.32. The second-order valence-corrected chi connectivity index (χ2v) is 3.46. The molecule has 2 aromatic rings. The van der Waals surface area contributed by atoms with Crippen LogP contribution in [0.2, 0.25) is 0 Å². The van der Waals surface area contributed by atoms with Crippen molar-refractivity contribution in [3.05, 3.63) is 51.9 Å². The van der Waals surface area contributed by atoms with Gasteiger partial charge in [0.1, 0.15) is 0 Å². The lowest BCUT2D eigenvalue weighted by Crippen LogP contribution is -2.15. The Morgan fingerprint density at radius 2 is 2.28 bits per heavy atom. The molecule has 94 valence electrons. The van der Waals surface area contributed by atoms with Gasteiger partial charge in [0.25, 0.3) is 0 Å². The fourth-order valence-corrected chi connectivity index (χ4v) is 1.42. The number of nitro groups is 1. The van der Waals surface area contributed by atoms with E-state index in [0.717, 1.165) is 6.07 Å². The smallest absolute Gasteiger partial charge is 0.305 e. The minimum absolute atomic E-state index is 0.141. The monoisotopic (exact) mass is 252 g/mol. The Morgan fingerprint density at radius 1 is 1.44 bits per heavy atom. The number of nitrogens with zero attached hydrogens (tertiary/aromatic N) is 3. The summed E-state index contributed by atoms with van der Waals surface area (Å²) in [5.74, 6) is -0.399. The van der Waals surface area contributed by atoms with Gasteiger partial charge in [0.15, 0.2) is 5.82 Å². The van der Waals surface area contributed by atoms with Crippen LogP contribution in [0.4, 0.5) is 10.1 Å². The highest BCUT2D eigenvalue weighted by molar-refractivity contribution is 5.36. The molecule has 8 heteroatoms. The van der Waals surface area contributed by atoms with Crippen LogP contribution in [0.5, 0.6) is 0 Å². The van der Waals surface area contributed by atoms with E-state index in [1.807, 2.05) is 0 Å². The van der Waals surface area contributed by atoms with Gasteiger partial charge in [-0.05, 0) is 0 Å². The molecule has 0 amide bonds. The molecule has 0 radical (unpaired) electrons. The Labute approximate surface area is 101 Å². The molecule has 2 rings (SSSR count). The maximum absolute atomic E-state index is 13.7. The summed E-state index contributed by atoms with van der Waals surface area (Å²) in [6, 6.07) is 4.04. The third-order valence-corrected chi connectivity index (χ3v) is 2.26. The number of hydrogen-bond donors (Lipinski definition) is 1. The third kappa shape index (κ3) is 2.66. The third-order valence-electron chi connectivity index (χ3n) is 2.26. The summed E-state index contributed by atoms with van der Waals surface area (Å²) in [4.78, 5) is 13.6. The Hall–Kier alpha value is -2.35. The summed E-state index contributed by atoms with van der Waals surface area (Å²) >= 11 is 0.